The van der Waals surface area contributed by atoms with E-state index in [-0.39, 0.29) is 0 Å². The van der Waals surface area contributed by atoms with E-state index in [1.165, 1.54) is 12.1 Å². The Kier molecular flexibility index (Phi) is 2.00. The Morgan fingerprint density at radius 1 is 1.27 bits per heavy atom. The lowest BCUT2D eigenvalue weighted by Crippen LogP contribution is -2.13. The summed E-state index contributed by atoms with van der Waals surface area (Å²) < 4.78 is 13.2. The van der Waals surface area contributed by atoms with Crippen molar-refractivity contribution in [3.8, 4) is 0 Å². The molecule has 2 aromatic rings. The number of halogens is 1. The Morgan fingerprint density at radius 3 is 2.53 bits per heavy atom. The summed E-state index contributed by atoms with van der Waals surface area (Å²) in [5.74, 6) is 0. The van der Waals surface area contributed by atoms with Gasteiger partial charge in [0.25, 0.3) is 0 Å². The standard InChI is InChI=1S/C10H6FNO3/c11-9(13)8-5-6-3-1-2-4-7(6)12(8)10(14)15/h1-5H,(H,14,15). The highest BCUT2D eigenvalue weighted by atomic mass is 19.1. The topological polar surface area (TPSA) is 59.3 Å². The molecule has 0 atom stereocenters. The smallest absolute Gasteiger partial charge is 0.416 e. The summed E-state index contributed by atoms with van der Waals surface area (Å²) in [6.07, 6.45) is -1.38. The zero-order chi connectivity index (χ0) is 11.0. The van der Waals surface area contributed by atoms with Crippen LogP contribution in [0.15, 0.2) is 30.3 Å². The number of hydrogen-bond acceptors (Lipinski definition) is 2. The van der Waals surface area contributed by atoms with Crippen LogP contribution in [0.4, 0.5) is 9.18 Å². The predicted molar refractivity (Wildman–Crippen MR) is 50.8 cm³/mol. The van der Waals surface area contributed by atoms with Gasteiger partial charge in [-0.2, -0.15) is 4.39 Å². The highest BCUT2D eigenvalue weighted by molar-refractivity contribution is 6.00. The van der Waals surface area contributed by atoms with Gasteiger partial charge in [-0.3, -0.25) is 4.79 Å². The number of carboxylic acid groups (broad SMARTS) is 1. The number of nitrogens with zero attached hydrogens (tertiary/aromatic N) is 1. The minimum atomic E-state index is -1.76. The fraction of sp³-hybridized carbons (Fsp3) is 0. The number of aromatic nitrogens is 1. The van der Waals surface area contributed by atoms with E-state index in [1.54, 1.807) is 18.2 Å². The third-order valence-electron chi connectivity index (χ3n) is 2.10. The molecule has 0 aliphatic heterocycles. The number of para-hydroxylation sites is 1. The summed E-state index contributed by atoms with van der Waals surface area (Å²) >= 11 is 0. The molecule has 4 nitrogen and oxygen atoms in total. The Hall–Kier alpha value is -2.17. The second kappa shape index (κ2) is 3.20. The minimum absolute atomic E-state index is 0.297. The molecule has 0 fully saturated rings. The highest BCUT2D eigenvalue weighted by Gasteiger charge is 2.18. The van der Waals surface area contributed by atoms with Gasteiger partial charge in [0, 0.05) is 5.39 Å². The molecule has 5 heteroatoms. The normalized spacial score (nSPS) is 10.5. The molecular formula is C10H6FNO3. The second-order valence-corrected chi connectivity index (χ2v) is 2.98. The summed E-state index contributed by atoms with van der Waals surface area (Å²) in [5, 5.41) is 9.36. The maximum absolute atomic E-state index is 12.6. The predicted octanol–water partition coefficient (Wildman–Crippen LogP) is 2.28. The molecule has 0 spiro atoms. The van der Waals surface area contributed by atoms with Gasteiger partial charge >= 0.3 is 12.1 Å². The molecule has 0 saturated carbocycles. The summed E-state index contributed by atoms with van der Waals surface area (Å²) in [7, 11) is 0. The summed E-state index contributed by atoms with van der Waals surface area (Å²) in [4.78, 5) is 21.4. The van der Waals surface area contributed by atoms with Crippen LogP contribution in [-0.2, 0) is 0 Å². The summed E-state index contributed by atoms with van der Waals surface area (Å²) in [6, 6.07) is 5.88. The largest absolute Gasteiger partial charge is 0.464 e. The molecule has 1 aromatic heterocycles. The van der Waals surface area contributed by atoms with Crippen molar-refractivity contribution in [2.75, 3.05) is 0 Å². The molecule has 0 amide bonds. The molecule has 0 aliphatic carbocycles. The maximum atomic E-state index is 12.6. The minimum Gasteiger partial charge on any atom is -0.464 e. The quantitative estimate of drug-likeness (QED) is 0.729. The van der Waals surface area contributed by atoms with Crippen molar-refractivity contribution >= 4 is 23.0 Å². The monoisotopic (exact) mass is 207 g/mol. The van der Waals surface area contributed by atoms with Crippen LogP contribution in [0.3, 0.4) is 0 Å². The van der Waals surface area contributed by atoms with Crippen molar-refractivity contribution < 1.29 is 19.1 Å². The van der Waals surface area contributed by atoms with E-state index in [1.807, 2.05) is 0 Å². The molecule has 15 heavy (non-hydrogen) atoms. The van der Waals surface area contributed by atoms with E-state index in [0.717, 1.165) is 0 Å². The molecule has 0 aliphatic rings. The first-order valence-electron chi connectivity index (χ1n) is 4.15. The Bertz CT molecular complexity index is 559. The van der Waals surface area contributed by atoms with Gasteiger partial charge in [0.05, 0.1) is 5.52 Å². The molecule has 1 heterocycles. The third kappa shape index (κ3) is 1.38. The fourth-order valence-electron chi connectivity index (χ4n) is 1.51. The van der Waals surface area contributed by atoms with Crippen LogP contribution in [0.5, 0.6) is 0 Å². The molecule has 0 bridgehead atoms. The summed E-state index contributed by atoms with van der Waals surface area (Å²) in [6.45, 7) is 0. The molecule has 1 aromatic carbocycles. The second-order valence-electron chi connectivity index (χ2n) is 2.98. The average molecular weight is 207 g/mol. The molecule has 76 valence electrons. The number of benzene rings is 1. The highest BCUT2D eigenvalue weighted by Crippen LogP contribution is 2.20. The molecule has 0 unspecified atom stereocenters. The number of carbonyl (C=O) groups is 2. The Morgan fingerprint density at radius 2 is 1.93 bits per heavy atom. The number of fused-ring (bicyclic) bond motifs is 1. The van der Waals surface area contributed by atoms with Crippen LogP contribution in [0, 0.1) is 0 Å². The van der Waals surface area contributed by atoms with Crippen molar-refractivity contribution in [1.29, 1.82) is 0 Å². The number of carbonyl (C=O) groups excluding carboxylic acids is 1. The third-order valence-corrected chi connectivity index (χ3v) is 2.10. The molecule has 0 saturated heterocycles. The van der Waals surface area contributed by atoms with Gasteiger partial charge in [0.1, 0.15) is 5.69 Å². The lowest BCUT2D eigenvalue weighted by Gasteiger charge is -1.99. The van der Waals surface area contributed by atoms with Crippen LogP contribution in [-0.4, -0.2) is 21.8 Å². The Labute approximate surface area is 83.5 Å². The summed E-state index contributed by atoms with van der Waals surface area (Å²) in [5.41, 5.74) is -0.172. The van der Waals surface area contributed by atoms with Gasteiger partial charge in [-0.15, -0.1) is 0 Å². The molecule has 1 N–H and O–H groups in total. The van der Waals surface area contributed by atoms with Gasteiger partial charge in [-0.05, 0) is 12.1 Å². The molecular weight excluding hydrogens is 201 g/mol. The van der Waals surface area contributed by atoms with Crippen LogP contribution in [0.1, 0.15) is 10.5 Å². The SMILES string of the molecule is O=C(F)c1cc2ccccc2n1C(=O)O. The fourth-order valence-corrected chi connectivity index (χ4v) is 1.51. The molecule has 2 rings (SSSR count). The zero-order valence-corrected chi connectivity index (χ0v) is 7.48. The van der Waals surface area contributed by atoms with Crippen molar-refractivity contribution in [2.24, 2.45) is 0 Å². The van der Waals surface area contributed by atoms with Gasteiger partial charge in [-0.25, -0.2) is 9.36 Å². The number of rotatable bonds is 1. The lowest BCUT2D eigenvalue weighted by atomic mass is 10.2. The van der Waals surface area contributed by atoms with Gasteiger partial charge in [0.15, 0.2) is 0 Å². The van der Waals surface area contributed by atoms with Crippen LogP contribution in [0.25, 0.3) is 10.9 Å². The van der Waals surface area contributed by atoms with Crippen LogP contribution >= 0.6 is 0 Å². The van der Waals surface area contributed by atoms with E-state index in [2.05, 4.69) is 0 Å². The van der Waals surface area contributed by atoms with Crippen molar-refractivity contribution in [2.45, 2.75) is 0 Å². The Balaban J connectivity index is 2.86. The van der Waals surface area contributed by atoms with Crippen molar-refractivity contribution in [3.63, 3.8) is 0 Å². The zero-order valence-electron chi connectivity index (χ0n) is 7.48. The lowest BCUT2D eigenvalue weighted by molar-refractivity contribution is 0.0824. The maximum Gasteiger partial charge on any atom is 0.416 e. The van der Waals surface area contributed by atoms with Crippen molar-refractivity contribution in [1.82, 2.24) is 4.57 Å². The van der Waals surface area contributed by atoms with E-state index in [0.29, 0.717) is 15.5 Å². The first-order chi connectivity index (χ1) is 7.11. The van der Waals surface area contributed by atoms with Crippen molar-refractivity contribution in [3.05, 3.63) is 36.0 Å². The first-order valence-corrected chi connectivity index (χ1v) is 4.15. The van der Waals surface area contributed by atoms with E-state index in [4.69, 9.17) is 5.11 Å². The van der Waals surface area contributed by atoms with Gasteiger partial charge in [0.2, 0.25) is 0 Å². The first kappa shape index (κ1) is 9.39. The van der Waals surface area contributed by atoms with E-state index in [9.17, 15) is 14.0 Å². The molecule has 0 radical (unpaired) electrons. The van der Waals surface area contributed by atoms with Gasteiger partial charge < -0.3 is 5.11 Å². The number of hydrogen-bond donors (Lipinski definition) is 1. The average Bonchev–Trinajstić information content (AvgIpc) is 2.56. The van der Waals surface area contributed by atoms with Crippen LogP contribution in [0.2, 0.25) is 0 Å². The van der Waals surface area contributed by atoms with E-state index < -0.39 is 17.8 Å². The van der Waals surface area contributed by atoms with Gasteiger partial charge in [-0.1, -0.05) is 18.2 Å². The van der Waals surface area contributed by atoms with Crippen LogP contribution < -0.4 is 0 Å². The van der Waals surface area contributed by atoms with E-state index >= 15 is 0 Å².